The van der Waals surface area contributed by atoms with Crippen LogP contribution in [0, 0.1) is 27.7 Å². The second-order valence-corrected chi connectivity index (χ2v) is 10.2. The van der Waals surface area contributed by atoms with Crippen molar-refractivity contribution in [2.24, 2.45) is 0 Å². The molecule has 5 nitrogen and oxygen atoms in total. The molecule has 0 aliphatic rings. The quantitative estimate of drug-likeness (QED) is 0.303. The normalized spacial score (nSPS) is 11.1. The number of nitrogens with zero attached hydrogens (tertiary/aromatic N) is 3. The van der Waals surface area contributed by atoms with Crippen LogP contribution in [-0.2, 0) is 11.3 Å². The number of amides is 1. The molecule has 0 saturated heterocycles. The van der Waals surface area contributed by atoms with E-state index in [1.54, 1.807) is 11.3 Å². The highest BCUT2D eigenvalue weighted by Gasteiger charge is 2.20. The SMILES string of the molecule is CCn1c(SCC(=O)Nc2ccc(C)c(C)c2)nnc1-c1csc(C)c1-c1ccc(C)cc1. The summed E-state index contributed by atoms with van der Waals surface area (Å²) in [6.07, 6.45) is 0. The van der Waals surface area contributed by atoms with Gasteiger partial charge in [-0.15, -0.1) is 21.5 Å². The van der Waals surface area contributed by atoms with E-state index < -0.39 is 0 Å². The molecule has 170 valence electrons. The van der Waals surface area contributed by atoms with Gasteiger partial charge in [-0.1, -0.05) is 47.7 Å². The fourth-order valence-electron chi connectivity index (χ4n) is 3.72. The first-order valence-electron chi connectivity index (χ1n) is 11.0. The minimum atomic E-state index is -0.0535. The van der Waals surface area contributed by atoms with E-state index in [-0.39, 0.29) is 11.7 Å². The van der Waals surface area contributed by atoms with Gasteiger partial charge in [0.15, 0.2) is 11.0 Å². The molecule has 0 radical (unpaired) electrons. The fraction of sp³-hybridized carbons (Fsp3) is 0.269. The molecule has 0 aliphatic heterocycles. The topological polar surface area (TPSA) is 59.8 Å². The Hall–Kier alpha value is -2.90. The standard InChI is InChI=1S/C26H28N4OS2/c1-6-30-25(22-14-32-19(5)24(22)20-10-7-16(2)8-11-20)28-29-26(30)33-15-23(31)27-21-12-9-17(3)18(4)13-21/h7-14H,6,15H2,1-5H3,(H,27,31). The third-order valence-corrected chi connectivity index (χ3v) is 7.59. The summed E-state index contributed by atoms with van der Waals surface area (Å²) in [5.41, 5.74) is 7.89. The van der Waals surface area contributed by atoms with Crippen LogP contribution in [0.15, 0.2) is 53.0 Å². The zero-order valence-electron chi connectivity index (χ0n) is 19.6. The molecule has 33 heavy (non-hydrogen) atoms. The van der Waals surface area contributed by atoms with Gasteiger partial charge in [0.1, 0.15) is 0 Å². The number of benzene rings is 2. The molecule has 0 saturated carbocycles. The van der Waals surface area contributed by atoms with Crippen molar-refractivity contribution >= 4 is 34.7 Å². The van der Waals surface area contributed by atoms with Crippen LogP contribution in [0.3, 0.4) is 0 Å². The number of thiophene rings is 1. The van der Waals surface area contributed by atoms with Crippen molar-refractivity contribution in [1.29, 1.82) is 0 Å². The third-order valence-electron chi connectivity index (χ3n) is 5.71. The molecule has 7 heteroatoms. The number of carbonyl (C=O) groups excluding carboxylic acids is 1. The van der Waals surface area contributed by atoms with Crippen LogP contribution in [-0.4, -0.2) is 26.4 Å². The smallest absolute Gasteiger partial charge is 0.234 e. The second-order valence-electron chi connectivity index (χ2n) is 8.13. The minimum absolute atomic E-state index is 0.0535. The average Bonchev–Trinajstić information content (AvgIpc) is 3.38. The van der Waals surface area contributed by atoms with E-state index in [9.17, 15) is 4.79 Å². The van der Waals surface area contributed by atoms with Crippen LogP contribution >= 0.6 is 23.1 Å². The predicted octanol–water partition coefficient (Wildman–Crippen LogP) is 6.66. The Bertz CT molecular complexity index is 1290. The van der Waals surface area contributed by atoms with Crippen LogP contribution in [0.5, 0.6) is 0 Å². The van der Waals surface area contributed by atoms with Gasteiger partial charge in [-0.3, -0.25) is 4.79 Å². The van der Waals surface area contributed by atoms with Crippen LogP contribution < -0.4 is 5.32 Å². The van der Waals surface area contributed by atoms with Crippen molar-refractivity contribution in [3.8, 4) is 22.5 Å². The summed E-state index contributed by atoms with van der Waals surface area (Å²) < 4.78 is 2.09. The van der Waals surface area contributed by atoms with E-state index in [0.29, 0.717) is 0 Å². The molecule has 4 rings (SSSR count). The molecule has 2 aromatic heterocycles. The highest BCUT2D eigenvalue weighted by Crippen LogP contribution is 2.39. The van der Waals surface area contributed by atoms with Crippen LogP contribution in [0.2, 0.25) is 0 Å². The number of aryl methyl sites for hydroxylation is 4. The first-order chi connectivity index (χ1) is 15.9. The predicted molar refractivity (Wildman–Crippen MR) is 139 cm³/mol. The Morgan fingerprint density at radius 3 is 2.48 bits per heavy atom. The number of thioether (sulfide) groups is 1. The van der Waals surface area contributed by atoms with Crippen LogP contribution in [0.1, 0.15) is 28.5 Å². The van der Waals surface area contributed by atoms with E-state index in [0.717, 1.165) is 34.3 Å². The molecule has 0 bridgehead atoms. The van der Waals surface area contributed by atoms with E-state index >= 15 is 0 Å². The summed E-state index contributed by atoms with van der Waals surface area (Å²) in [5, 5.41) is 14.8. The van der Waals surface area contributed by atoms with Gasteiger partial charge in [-0.25, -0.2) is 0 Å². The molecule has 4 aromatic rings. The molecule has 1 N–H and O–H groups in total. The van der Waals surface area contributed by atoms with Crippen molar-refractivity contribution in [3.63, 3.8) is 0 Å². The highest BCUT2D eigenvalue weighted by molar-refractivity contribution is 7.99. The van der Waals surface area contributed by atoms with Gasteiger partial charge in [0.25, 0.3) is 0 Å². The minimum Gasteiger partial charge on any atom is -0.325 e. The van der Waals surface area contributed by atoms with E-state index in [4.69, 9.17) is 0 Å². The maximum Gasteiger partial charge on any atom is 0.234 e. The number of rotatable bonds is 7. The molecule has 0 fully saturated rings. The van der Waals surface area contributed by atoms with Gasteiger partial charge in [-0.05, 0) is 63.4 Å². The van der Waals surface area contributed by atoms with E-state index in [1.807, 2.05) is 25.1 Å². The Kier molecular flexibility index (Phi) is 7.00. The molecular weight excluding hydrogens is 448 g/mol. The van der Waals surface area contributed by atoms with Gasteiger partial charge in [0, 0.05) is 33.6 Å². The number of hydrogen-bond donors (Lipinski definition) is 1. The molecule has 2 aromatic carbocycles. The number of carbonyl (C=O) groups is 1. The number of anilines is 1. The second kappa shape index (κ2) is 9.93. The summed E-state index contributed by atoms with van der Waals surface area (Å²) in [6.45, 7) is 11.1. The third kappa shape index (κ3) is 5.04. The lowest BCUT2D eigenvalue weighted by atomic mass is 10.0. The van der Waals surface area contributed by atoms with Gasteiger partial charge >= 0.3 is 0 Å². The van der Waals surface area contributed by atoms with Crippen LogP contribution in [0.4, 0.5) is 5.69 Å². The number of hydrogen-bond acceptors (Lipinski definition) is 5. The van der Waals surface area contributed by atoms with Crippen molar-refractivity contribution < 1.29 is 4.79 Å². The first kappa shape index (κ1) is 23.3. The van der Waals surface area contributed by atoms with Crippen molar-refractivity contribution in [1.82, 2.24) is 14.8 Å². The fourth-order valence-corrected chi connectivity index (χ4v) is 5.39. The molecule has 1 amide bonds. The van der Waals surface area contributed by atoms with Crippen LogP contribution in [0.25, 0.3) is 22.5 Å². The van der Waals surface area contributed by atoms with Gasteiger partial charge in [-0.2, -0.15) is 0 Å². The molecule has 2 heterocycles. The Morgan fingerprint density at radius 1 is 1.03 bits per heavy atom. The molecule has 0 spiro atoms. The van der Waals surface area contributed by atoms with Gasteiger partial charge in [0.05, 0.1) is 5.75 Å². The lowest BCUT2D eigenvalue weighted by Gasteiger charge is -2.10. The zero-order chi connectivity index (χ0) is 23.5. The van der Waals surface area contributed by atoms with E-state index in [2.05, 4.69) is 77.4 Å². The molecular formula is C26H28N4OS2. The Balaban J connectivity index is 1.54. The summed E-state index contributed by atoms with van der Waals surface area (Å²) in [6, 6.07) is 14.5. The van der Waals surface area contributed by atoms with Crippen molar-refractivity contribution in [2.75, 3.05) is 11.1 Å². The summed E-state index contributed by atoms with van der Waals surface area (Å²) in [5.74, 6) is 1.06. The summed E-state index contributed by atoms with van der Waals surface area (Å²) in [4.78, 5) is 13.8. The monoisotopic (exact) mass is 476 g/mol. The maximum atomic E-state index is 12.5. The molecule has 0 aliphatic carbocycles. The largest absolute Gasteiger partial charge is 0.325 e. The molecule has 0 atom stereocenters. The lowest BCUT2D eigenvalue weighted by molar-refractivity contribution is -0.113. The van der Waals surface area contributed by atoms with Crippen molar-refractivity contribution in [2.45, 2.75) is 46.3 Å². The zero-order valence-corrected chi connectivity index (χ0v) is 21.2. The Morgan fingerprint density at radius 2 is 1.79 bits per heavy atom. The summed E-state index contributed by atoms with van der Waals surface area (Å²) in [7, 11) is 0. The van der Waals surface area contributed by atoms with Crippen molar-refractivity contribution in [3.05, 3.63) is 69.4 Å². The van der Waals surface area contributed by atoms with Gasteiger partial charge < -0.3 is 9.88 Å². The number of nitrogens with one attached hydrogen (secondary N) is 1. The van der Waals surface area contributed by atoms with E-state index in [1.165, 1.54) is 38.9 Å². The van der Waals surface area contributed by atoms with Gasteiger partial charge in [0.2, 0.25) is 5.91 Å². The average molecular weight is 477 g/mol. The lowest BCUT2D eigenvalue weighted by Crippen LogP contribution is -2.14. The molecule has 0 unspecified atom stereocenters. The first-order valence-corrected chi connectivity index (χ1v) is 12.8. The maximum absolute atomic E-state index is 12.5. The number of aromatic nitrogens is 3. The summed E-state index contributed by atoms with van der Waals surface area (Å²) >= 11 is 3.14. The highest BCUT2D eigenvalue weighted by atomic mass is 32.2. The Labute approximate surface area is 203 Å².